The topological polar surface area (TPSA) is 12.4 Å². The molecule has 2 aliphatic rings. The summed E-state index contributed by atoms with van der Waals surface area (Å²) >= 11 is 3.47. The van der Waals surface area contributed by atoms with Crippen LogP contribution in [0.25, 0.3) is 0 Å². The standard InChI is InChI=1S/C25H28FNS2/c26-21-9-6-12-23(18-21)28-16-15-25(27-22-10-2-1-3-11-22)29-24-14-13-19-7-4-5-8-20(19)17-24/h1-3,6,9-12,15-16,18-20,24H,4-5,7-8,13-14,17H2. The van der Waals surface area contributed by atoms with Crippen LogP contribution in [0.4, 0.5) is 10.1 Å². The number of halogens is 1. The summed E-state index contributed by atoms with van der Waals surface area (Å²) in [5, 5.41) is 3.75. The van der Waals surface area contributed by atoms with Crippen molar-refractivity contribution in [3.63, 3.8) is 0 Å². The zero-order valence-corrected chi connectivity index (χ0v) is 18.3. The van der Waals surface area contributed by atoms with Crippen LogP contribution in [0.15, 0.2) is 76.0 Å². The summed E-state index contributed by atoms with van der Waals surface area (Å²) in [7, 11) is 0. The second-order valence-electron chi connectivity index (χ2n) is 8.02. The molecule has 0 saturated heterocycles. The van der Waals surface area contributed by atoms with Crippen LogP contribution in [0.1, 0.15) is 44.9 Å². The number of para-hydroxylation sites is 1. The SMILES string of the molecule is Fc1cccc(SC=CC(=Nc2ccccc2)SC2CCC3CCCCC3C2)c1. The van der Waals surface area contributed by atoms with E-state index in [0.29, 0.717) is 5.25 Å². The van der Waals surface area contributed by atoms with Crippen LogP contribution in [0.5, 0.6) is 0 Å². The molecular formula is C25H28FNS2. The van der Waals surface area contributed by atoms with Crippen LogP contribution < -0.4 is 0 Å². The Morgan fingerprint density at radius 2 is 1.76 bits per heavy atom. The Hall–Kier alpha value is -1.52. The van der Waals surface area contributed by atoms with Crippen LogP contribution in [0, 0.1) is 17.7 Å². The van der Waals surface area contributed by atoms with Gasteiger partial charge in [0.1, 0.15) is 5.82 Å². The molecule has 0 bridgehead atoms. The molecule has 0 N–H and O–H groups in total. The lowest BCUT2D eigenvalue weighted by Crippen LogP contribution is -2.29. The minimum absolute atomic E-state index is 0.194. The van der Waals surface area contributed by atoms with Crippen LogP contribution in [0.2, 0.25) is 0 Å². The third-order valence-electron chi connectivity index (χ3n) is 5.99. The van der Waals surface area contributed by atoms with E-state index in [1.54, 1.807) is 12.1 Å². The third kappa shape index (κ3) is 6.23. The summed E-state index contributed by atoms with van der Waals surface area (Å²) in [6, 6.07) is 16.9. The van der Waals surface area contributed by atoms with Gasteiger partial charge in [0.2, 0.25) is 0 Å². The van der Waals surface area contributed by atoms with E-state index in [1.165, 1.54) is 62.8 Å². The van der Waals surface area contributed by atoms with Crippen molar-refractivity contribution in [1.29, 1.82) is 0 Å². The minimum Gasteiger partial charge on any atom is -0.242 e. The fraction of sp³-hybridized carbons (Fsp3) is 0.400. The Balaban J connectivity index is 1.45. The van der Waals surface area contributed by atoms with Gasteiger partial charge in [0.05, 0.1) is 10.7 Å². The Morgan fingerprint density at radius 3 is 2.59 bits per heavy atom. The number of rotatable bonds is 5. The molecule has 1 nitrogen and oxygen atoms in total. The number of hydrogen-bond donors (Lipinski definition) is 0. The second-order valence-corrected chi connectivity index (χ2v) is 10.3. The van der Waals surface area contributed by atoms with E-state index in [4.69, 9.17) is 4.99 Å². The summed E-state index contributed by atoms with van der Waals surface area (Å²) in [4.78, 5) is 5.82. The van der Waals surface area contributed by atoms with E-state index in [0.717, 1.165) is 27.5 Å². The number of aliphatic imine (C=N–C) groups is 1. The molecule has 0 heterocycles. The smallest absolute Gasteiger partial charge is 0.124 e. The van der Waals surface area contributed by atoms with E-state index in [-0.39, 0.29) is 5.82 Å². The summed E-state index contributed by atoms with van der Waals surface area (Å²) in [5.74, 6) is 1.69. The van der Waals surface area contributed by atoms with E-state index >= 15 is 0 Å². The van der Waals surface area contributed by atoms with Gasteiger partial charge in [-0.25, -0.2) is 9.38 Å². The largest absolute Gasteiger partial charge is 0.242 e. The molecule has 29 heavy (non-hydrogen) atoms. The third-order valence-corrected chi connectivity index (χ3v) is 8.01. The number of nitrogens with zero attached hydrogens (tertiary/aromatic N) is 1. The summed E-state index contributed by atoms with van der Waals surface area (Å²) in [5.41, 5.74) is 0.988. The maximum atomic E-state index is 13.4. The van der Waals surface area contributed by atoms with Crippen molar-refractivity contribution >= 4 is 34.3 Å². The first-order valence-corrected chi connectivity index (χ1v) is 12.4. The van der Waals surface area contributed by atoms with E-state index in [9.17, 15) is 4.39 Å². The monoisotopic (exact) mass is 425 g/mol. The van der Waals surface area contributed by atoms with Crippen molar-refractivity contribution < 1.29 is 4.39 Å². The molecule has 152 valence electrons. The quantitative estimate of drug-likeness (QED) is 0.271. The number of hydrogen-bond acceptors (Lipinski definition) is 3. The van der Waals surface area contributed by atoms with Gasteiger partial charge < -0.3 is 0 Å². The van der Waals surface area contributed by atoms with Crippen molar-refractivity contribution in [2.75, 3.05) is 0 Å². The lowest BCUT2D eigenvalue weighted by Gasteiger charge is -2.39. The average molecular weight is 426 g/mol. The van der Waals surface area contributed by atoms with Gasteiger partial charge in [0.15, 0.2) is 0 Å². The molecule has 2 aliphatic carbocycles. The average Bonchev–Trinajstić information content (AvgIpc) is 2.74. The van der Waals surface area contributed by atoms with Crippen molar-refractivity contribution in [3.05, 3.63) is 71.9 Å². The first-order chi connectivity index (χ1) is 14.3. The predicted molar refractivity (Wildman–Crippen MR) is 126 cm³/mol. The highest BCUT2D eigenvalue weighted by molar-refractivity contribution is 8.15. The van der Waals surface area contributed by atoms with Gasteiger partial charge in [0.25, 0.3) is 0 Å². The Bertz CT molecular complexity index is 849. The highest BCUT2D eigenvalue weighted by atomic mass is 32.2. The number of fused-ring (bicyclic) bond motifs is 1. The van der Waals surface area contributed by atoms with Gasteiger partial charge in [0, 0.05) is 10.1 Å². The van der Waals surface area contributed by atoms with Gasteiger partial charge >= 0.3 is 0 Å². The molecule has 4 heteroatoms. The lowest BCUT2D eigenvalue weighted by molar-refractivity contribution is 0.175. The van der Waals surface area contributed by atoms with Gasteiger partial charge in [-0.1, -0.05) is 61.7 Å². The van der Waals surface area contributed by atoms with Crippen molar-refractivity contribution in [2.24, 2.45) is 16.8 Å². The molecule has 3 atom stereocenters. The Labute approximate surface area is 182 Å². The summed E-state index contributed by atoms with van der Waals surface area (Å²) in [6.45, 7) is 0. The van der Waals surface area contributed by atoms with Crippen LogP contribution in [-0.4, -0.2) is 10.3 Å². The maximum absolute atomic E-state index is 13.4. The zero-order chi connectivity index (χ0) is 19.9. The van der Waals surface area contributed by atoms with E-state index in [1.807, 2.05) is 53.6 Å². The van der Waals surface area contributed by atoms with Crippen LogP contribution >= 0.6 is 23.5 Å². The number of thioether (sulfide) groups is 2. The molecule has 3 unspecified atom stereocenters. The first-order valence-electron chi connectivity index (χ1n) is 10.7. The molecule has 0 amide bonds. The summed E-state index contributed by atoms with van der Waals surface area (Å²) < 4.78 is 13.4. The van der Waals surface area contributed by atoms with Crippen molar-refractivity contribution in [1.82, 2.24) is 0 Å². The van der Waals surface area contributed by atoms with Crippen molar-refractivity contribution in [3.8, 4) is 0 Å². The fourth-order valence-corrected chi connectivity index (χ4v) is 6.57. The highest BCUT2D eigenvalue weighted by Crippen LogP contribution is 2.44. The van der Waals surface area contributed by atoms with Crippen molar-refractivity contribution in [2.45, 2.75) is 55.1 Å². The highest BCUT2D eigenvalue weighted by Gasteiger charge is 2.32. The number of benzene rings is 2. The van der Waals surface area contributed by atoms with Crippen LogP contribution in [-0.2, 0) is 0 Å². The molecule has 0 aliphatic heterocycles. The molecule has 2 fully saturated rings. The van der Waals surface area contributed by atoms with E-state index < -0.39 is 0 Å². The molecule has 2 aromatic carbocycles. The molecule has 0 spiro atoms. The van der Waals surface area contributed by atoms with Crippen LogP contribution in [0.3, 0.4) is 0 Å². The Morgan fingerprint density at radius 1 is 0.931 bits per heavy atom. The predicted octanol–water partition coefficient (Wildman–Crippen LogP) is 8.25. The van der Waals surface area contributed by atoms with Gasteiger partial charge in [-0.3, -0.25) is 0 Å². The second kappa shape index (κ2) is 10.5. The van der Waals surface area contributed by atoms with Gasteiger partial charge in [-0.05, 0) is 72.9 Å². The fourth-order valence-electron chi connectivity index (χ4n) is 4.55. The summed E-state index contributed by atoms with van der Waals surface area (Å²) in [6.07, 6.45) is 11.8. The molecular weight excluding hydrogens is 397 g/mol. The maximum Gasteiger partial charge on any atom is 0.124 e. The molecule has 4 rings (SSSR count). The Kier molecular flexibility index (Phi) is 7.50. The zero-order valence-electron chi connectivity index (χ0n) is 16.7. The van der Waals surface area contributed by atoms with Gasteiger partial charge in [-0.2, -0.15) is 0 Å². The molecule has 0 radical (unpaired) electrons. The normalized spacial score (nSPS) is 25.1. The molecule has 2 aromatic rings. The minimum atomic E-state index is -0.194. The first kappa shape index (κ1) is 20.7. The lowest BCUT2D eigenvalue weighted by atomic mass is 9.71. The van der Waals surface area contributed by atoms with E-state index in [2.05, 4.69) is 6.08 Å². The van der Waals surface area contributed by atoms with Gasteiger partial charge in [-0.15, -0.1) is 11.8 Å². The molecule has 2 saturated carbocycles. The molecule has 0 aromatic heterocycles.